The van der Waals surface area contributed by atoms with Crippen LogP contribution in [0.4, 0.5) is 0 Å². The summed E-state index contributed by atoms with van der Waals surface area (Å²) < 4.78 is 5.65. The topological polar surface area (TPSA) is 21.3 Å². The van der Waals surface area contributed by atoms with Crippen molar-refractivity contribution >= 4 is 0 Å². The van der Waals surface area contributed by atoms with Gasteiger partial charge in [0.15, 0.2) is 0 Å². The molecule has 1 rings (SSSR count). The van der Waals surface area contributed by atoms with Gasteiger partial charge in [-0.1, -0.05) is 19.8 Å². The number of methoxy groups -OCH3 is 1. The van der Waals surface area contributed by atoms with Crippen molar-refractivity contribution in [2.45, 2.75) is 64.5 Å². The standard InChI is InChI=1S/C13H27NO/c1-5-10-14-12(13(2,3)15-4)11-8-6-7-9-11/h11-12,14H,5-10H2,1-4H3. The highest BCUT2D eigenvalue weighted by Crippen LogP contribution is 2.33. The van der Waals surface area contributed by atoms with E-state index in [1.54, 1.807) is 0 Å². The van der Waals surface area contributed by atoms with Crippen molar-refractivity contribution in [2.75, 3.05) is 13.7 Å². The Kier molecular flexibility index (Phi) is 5.07. The summed E-state index contributed by atoms with van der Waals surface area (Å²) in [5.41, 5.74) is -0.0375. The zero-order valence-corrected chi connectivity index (χ0v) is 10.8. The third-order valence-corrected chi connectivity index (χ3v) is 3.76. The predicted octanol–water partition coefficient (Wildman–Crippen LogP) is 2.97. The molecule has 0 heterocycles. The quantitative estimate of drug-likeness (QED) is 0.732. The molecular formula is C13H27NO. The highest BCUT2D eigenvalue weighted by atomic mass is 16.5. The SMILES string of the molecule is CCCNC(C1CCCC1)C(C)(C)OC. The minimum absolute atomic E-state index is 0.0375. The summed E-state index contributed by atoms with van der Waals surface area (Å²) in [7, 11) is 1.83. The van der Waals surface area contributed by atoms with Crippen molar-refractivity contribution in [1.29, 1.82) is 0 Å². The minimum Gasteiger partial charge on any atom is -0.377 e. The van der Waals surface area contributed by atoms with Crippen molar-refractivity contribution in [2.24, 2.45) is 5.92 Å². The lowest BCUT2D eigenvalue weighted by molar-refractivity contribution is -0.0270. The summed E-state index contributed by atoms with van der Waals surface area (Å²) in [6, 6.07) is 0.518. The molecule has 0 aromatic heterocycles. The van der Waals surface area contributed by atoms with Crippen LogP contribution in [0.3, 0.4) is 0 Å². The molecule has 1 unspecified atom stereocenters. The van der Waals surface area contributed by atoms with E-state index in [9.17, 15) is 0 Å². The lowest BCUT2D eigenvalue weighted by Crippen LogP contribution is -2.52. The van der Waals surface area contributed by atoms with E-state index in [-0.39, 0.29) is 5.60 Å². The fraction of sp³-hybridized carbons (Fsp3) is 1.00. The van der Waals surface area contributed by atoms with Gasteiger partial charge in [-0.25, -0.2) is 0 Å². The van der Waals surface area contributed by atoms with Crippen LogP contribution in [-0.2, 0) is 4.74 Å². The Morgan fingerprint density at radius 2 is 1.93 bits per heavy atom. The third kappa shape index (κ3) is 3.46. The van der Waals surface area contributed by atoms with E-state index in [2.05, 4.69) is 26.1 Å². The molecule has 0 aliphatic heterocycles. The molecule has 1 fully saturated rings. The van der Waals surface area contributed by atoms with Gasteiger partial charge >= 0.3 is 0 Å². The normalized spacial score (nSPS) is 20.8. The van der Waals surface area contributed by atoms with E-state index in [1.807, 2.05) is 7.11 Å². The number of nitrogens with one attached hydrogen (secondary N) is 1. The van der Waals surface area contributed by atoms with Crippen molar-refractivity contribution < 1.29 is 4.74 Å². The van der Waals surface area contributed by atoms with E-state index in [1.165, 1.54) is 32.1 Å². The van der Waals surface area contributed by atoms with E-state index in [0.717, 1.165) is 12.5 Å². The number of rotatable bonds is 6. The smallest absolute Gasteiger partial charge is 0.0777 e. The molecular weight excluding hydrogens is 186 g/mol. The summed E-state index contributed by atoms with van der Waals surface area (Å²) in [5, 5.41) is 3.68. The highest BCUT2D eigenvalue weighted by Gasteiger charge is 2.36. The summed E-state index contributed by atoms with van der Waals surface area (Å²) in [6.45, 7) is 7.74. The van der Waals surface area contributed by atoms with Crippen LogP contribution in [0.25, 0.3) is 0 Å². The molecule has 0 aromatic carbocycles. The molecule has 15 heavy (non-hydrogen) atoms. The van der Waals surface area contributed by atoms with Crippen LogP contribution in [0.2, 0.25) is 0 Å². The molecule has 0 spiro atoms. The molecule has 2 heteroatoms. The van der Waals surface area contributed by atoms with Gasteiger partial charge in [0, 0.05) is 13.2 Å². The second kappa shape index (κ2) is 5.86. The highest BCUT2D eigenvalue weighted by molar-refractivity contribution is 4.92. The first kappa shape index (κ1) is 13.0. The van der Waals surface area contributed by atoms with Gasteiger partial charge in [0.2, 0.25) is 0 Å². The Morgan fingerprint density at radius 1 is 1.33 bits per heavy atom. The first-order valence-electron chi connectivity index (χ1n) is 6.40. The Labute approximate surface area is 94.8 Å². The fourth-order valence-electron chi connectivity index (χ4n) is 2.70. The Hall–Kier alpha value is -0.0800. The van der Waals surface area contributed by atoms with Crippen LogP contribution >= 0.6 is 0 Å². The zero-order valence-electron chi connectivity index (χ0n) is 10.8. The summed E-state index contributed by atoms with van der Waals surface area (Å²) >= 11 is 0. The first-order chi connectivity index (χ1) is 7.11. The largest absolute Gasteiger partial charge is 0.377 e. The van der Waals surface area contributed by atoms with Crippen molar-refractivity contribution in [3.8, 4) is 0 Å². The van der Waals surface area contributed by atoms with Gasteiger partial charge in [0.05, 0.1) is 5.60 Å². The molecule has 1 aliphatic rings. The molecule has 0 amide bonds. The van der Waals surface area contributed by atoms with Gasteiger partial charge in [-0.15, -0.1) is 0 Å². The van der Waals surface area contributed by atoms with Gasteiger partial charge in [0.25, 0.3) is 0 Å². The Balaban J connectivity index is 2.58. The van der Waals surface area contributed by atoms with Crippen molar-refractivity contribution in [1.82, 2.24) is 5.32 Å². The number of ether oxygens (including phenoxy) is 1. The Bertz CT molecular complexity index is 173. The van der Waals surface area contributed by atoms with E-state index < -0.39 is 0 Å². The van der Waals surface area contributed by atoms with Crippen LogP contribution in [-0.4, -0.2) is 25.3 Å². The minimum atomic E-state index is -0.0375. The van der Waals surface area contributed by atoms with Gasteiger partial charge in [-0.2, -0.15) is 0 Å². The zero-order chi connectivity index (χ0) is 11.3. The Morgan fingerprint density at radius 3 is 2.40 bits per heavy atom. The van der Waals surface area contributed by atoms with Crippen molar-refractivity contribution in [3.63, 3.8) is 0 Å². The lowest BCUT2D eigenvalue weighted by atomic mass is 9.85. The van der Waals surface area contributed by atoms with E-state index in [0.29, 0.717) is 6.04 Å². The average Bonchev–Trinajstić information content (AvgIpc) is 2.71. The van der Waals surface area contributed by atoms with Crippen LogP contribution in [0, 0.1) is 5.92 Å². The molecule has 0 saturated heterocycles. The van der Waals surface area contributed by atoms with Crippen LogP contribution in [0.5, 0.6) is 0 Å². The maximum absolute atomic E-state index is 5.65. The third-order valence-electron chi connectivity index (χ3n) is 3.76. The monoisotopic (exact) mass is 213 g/mol. The van der Waals surface area contributed by atoms with Gasteiger partial charge in [-0.3, -0.25) is 0 Å². The summed E-state index contributed by atoms with van der Waals surface area (Å²) in [4.78, 5) is 0. The molecule has 1 saturated carbocycles. The maximum atomic E-state index is 5.65. The van der Waals surface area contributed by atoms with E-state index in [4.69, 9.17) is 4.74 Å². The first-order valence-corrected chi connectivity index (χ1v) is 6.40. The summed E-state index contributed by atoms with van der Waals surface area (Å²) in [6.07, 6.45) is 6.73. The van der Waals surface area contributed by atoms with Crippen molar-refractivity contribution in [3.05, 3.63) is 0 Å². The average molecular weight is 213 g/mol. The maximum Gasteiger partial charge on any atom is 0.0777 e. The fourth-order valence-corrected chi connectivity index (χ4v) is 2.70. The molecule has 1 N–H and O–H groups in total. The molecule has 2 nitrogen and oxygen atoms in total. The molecule has 90 valence electrons. The molecule has 1 aliphatic carbocycles. The number of hydrogen-bond acceptors (Lipinski definition) is 2. The van der Waals surface area contributed by atoms with Crippen LogP contribution in [0.15, 0.2) is 0 Å². The van der Waals surface area contributed by atoms with E-state index >= 15 is 0 Å². The molecule has 1 atom stereocenters. The van der Waals surface area contributed by atoms with Crippen LogP contribution in [0.1, 0.15) is 52.9 Å². The predicted molar refractivity (Wildman–Crippen MR) is 65.1 cm³/mol. The second-order valence-electron chi connectivity index (χ2n) is 5.28. The molecule has 0 bridgehead atoms. The van der Waals surface area contributed by atoms with Gasteiger partial charge < -0.3 is 10.1 Å². The molecule has 0 aromatic rings. The lowest BCUT2D eigenvalue weighted by Gasteiger charge is -2.38. The van der Waals surface area contributed by atoms with Gasteiger partial charge in [0.1, 0.15) is 0 Å². The van der Waals surface area contributed by atoms with Crippen LogP contribution < -0.4 is 5.32 Å². The molecule has 0 radical (unpaired) electrons. The van der Waals surface area contributed by atoms with Gasteiger partial charge in [-0.05, 0) is 45.6 Å². The summed E-state index contributed by atoms with van der Waals surface area (Å²) in [5.74, 6) is 0.812. The second-order valence-corrected chi connectivity index (χ2v) is 5.28. The number of hydrogen-bond donors (Lipinski definition) is 1.